The van der Waals surface area contributed by atoms with Crippen LogP contribution in [0, 0.1) is 11.6 Å². The highest BCUT2D eigenvalue weighted by Gasteiger charge is 2.10. The molecule has 0 aliphatic heterocycles. The Kier molecular flexibility index (Phi) is 5.55. The van der Waals surface area contributed by atoms with E-state index in [0.29, 0.717) is 22.7 Å². The zero-order valence-corrected chi connectivity index (χ0v) is 12.5. The summed E-state index contributed by atoms with van der Waals surface area (Å²) in [5.41, 5.74) is 0.763. The third-order valence-corrected chi connectivity index (χ3v) is 3.82. The molecule has 0 atom stereocenters. The van der Waals surface area contributed by atoms with Crippen LogP contribution in [0.25, 0.3) is 11.0 Å². The Morgan fingerprint density at radius 1 is 1.33 bits per heavy atom. The van der Waals surface area contributed by atoms with Crippen molar-refractivity contribution in [2.75, 3.05) is 12.3 Å². The van der Waals surface area contributed by atoms with Gasteiger partial charge in [-0.25, -0.2) is 13.8 Å². The van der Waals surface area contributed by atoms with E-state index in [1.165, 1.54) is 11.8 Å². The first-order valence-corrected chi connectivity index (χ1v) is 7.83. The Hall–Kier alpha value is -1.63. The maximum atomic E-state index is 13.1. The summed E-state index contributed by atoms with van der Waals surface area (Å²) in [6, 6.07) is 2.10. The summed E-state index contributed by atoms with van der Waals surface area (Å²) in [6.07, 6.45) is 3.17. The van der Waals surface area contributed by atoms with Crippen LogP contribution in [0.5, 0.6) is 0 Å². The molecular weight excluding hydrogens is 296 g/mol. The maximum Gasteiger partial charge on any atom is 0.230 e. The molecule has 21 heavy (non-hydrogen) atoms. The van der Waals surface area contributed by atoms with Crippen molar-refractivity contribution in [1.82, 2.24) is 15.3 Å². The monoisotopic (exact) mass is 313 g/mol. The van der Waals surface area contributed by atoms with Crippen molar-refractivity contribution in [2.24, 2.45) is 0 Å². The number of carbonyl (C=O) groups is 1. The van der Waals surface area contributed by atoms with Crippen LogP contribution in [0.1, 0.15) is 26.2 Å². The first-order valence-electron chi connectivity index (χ1n) is 6.84. The minimum Gasteiger partial charge on any atom is -0.355 e. The molecule has 0 radical (unpaired) electrons. The normalized spacial score (nSPS) is 11.0. The van der Waals surface area contributed by atoms with Gasteiger partial charge in [-0.1, -0.05) is 31.5 Å². The number of aromatic nitrogens is 2. The number of imidazole rings is 1. The molecule has 0 unspecified atom stereocenters. The zero-order chi connectivity index (χ0) is 15.2. The molecule has 1 amide bonds. The summed E-state index contributed by atoms with van der Waals surface area (Å²) in [4.78, 5) is 18.6. The molecule has 4 nitrogen and oxygen atoms in total. The number of nitrogens with one attached hydrogen (secondary N) is 2. The van der Waals surface area contributed by atoms with Crippen molar-refractivity contribution in [3.63, 3.8) is 0 Å². The maximum absolute atomic E-state index is 13.1. The Balaban J connectivity index is 1.87. The van der Waals surface area contributed by atoms with Crippen molar-refractivity contribution in [1.29, 1.82) is 0 Å². The smallest absolute Gasteiger partial charge is 0.230 e. The largest absolute Gasteiger partial charge is 0.355 e. The fourth-order valence-corrected chi connectivity index (χ4v) is 2.55. The molecule has 1 aromatic carbocycles. The number of thioether (sulfide) groups is 1. The lowest BCUT2D eigenvalue weighted by Gasteiger charge is -2.03. The van der Waals surface area contributed by atoms with Gasteiger partial charge in [0.25, 0.3) is 0 Å². The number of halogens is 2. The molecule has 0 bridgehead atoms. The van der Waals surface area contributed by atoms with Gasteiger partial charge in [0.1, 0.15) is 0 Å². The molecule has 0 fully saturated rings. The van der Waals surface area contributed by atoms with Gasteiger partial charge in [0, 0.05) is 18.7 Å². The highest BCUT2D eigenvalue weighted by molar-refractivity contribution is 7.99. The van der Waals surface area contributed by atoms with E-state index < -0.39 is 11.6 Å². The lowest BCUT2D eigenvalue weighted by atomic mass is 10.2. The van der Waals surface area contributed by atoms with Gasteiger partial charge in [-0.05, 0) is 6.42 Å². The van der Waals surface area contributed by atoms with E-state index in [9.17, 15) is 13.6 Å². The average Bonchev–Trinajstić information content (AvgIpc) is 2.84. The lowest BCUT2D eigenvalue weighted by molar-refractivity contribution is -0.118. The summed E-state index contributed by atoms with van der Waals surface area (Å²) in [7, 11) is 0. The number of hydrogen-bond acceptors (Lipinski definition) is 3. The van der Waals surface area contributed by atoms with Crippen molar-refractivity contribution in [3.05, 3.63) is 23.8 Å². The third kappa shape index (κ3) is 4.42. The van der Waals surface area contributed by atoms with Crippen molar-refractivity contribution >= 4 is 28.7 Å². The second kappa shape index (κ2) is 7.40. The number of H-pyrrole nitrogens is 1. The second-order valence-electron chi connectivity index (χ2n) is 4.67. The van der Waals surface area contributed by atoms with E-state index in [2.05, 4.69) is 22.2 Å². The Morgan fingerprint density at radius 2 is 2.10 bits per heavy atom. The quantitative estimate of drug-likeness (QED) is 0.609. The summed E-state index contributed by atoms with van der Waals surface area (Å²) in [6.45, 7) is 2.77. The summed E-state index contributed by atoms with van der Waals surface area (Å²) in [5, 5.41) is 3.29. The average molecular weight is 313 g/mol. The predicted octanol–water partition coefficient (Wildman–Crippen LogP) is 3.24. The molecule has 0 saturated carbocycles. The predicted molar refractivity (Wildman–Crippen MR) is 79.3 cm³/mol. The zero-order valence-electron chi connectivity index (χ0n) is 11.7. The molecule has 7 heteroatoms. The Labute approximate surface area is 125 Å². The van der Waals surface area contributed by atoms with Crippen LogP contribution >= 0.6 is 11.8 Å². The van der Waals surface area contributed by atoms with Crippen LogP contribution in [0.4, 0.5) is 8.78 Å². The number of hydrogen-bond donors (Lipinski definition) is 2. The first-order chi connectivity index (χ1) is 10.1. The van der Waals surface area contributed by atoms with Crippen LogP contribution in [0.3, 0.4) is 0 Å². The standard InChI is InChI=1S/C14H17F2N3OS/c1-2-3-4-5-17-13(20)8-21-14-18-11-6-9(15)10(16)7-12(11)19-14/h6-7H,2-5,8H2,1H3,(H,17,20)(H,18,19). The Morgan fingerprint density at radius 3 is 2.86 bits per heavy atom. The SMILES string of the molecule is CCCCCNC(=O)CSc1nc2cc(F)c(F)cc2[nH]1. The molecule has 2 N–H and O–H groups in total. The van der Waals surface area contributed by atoms with Gasteiger partial charge in [-0.2, -0.15) is 0 Å². The molecule has 1 heterocycles. The highest BCUT2D eigenvalue weighted by Crippen LogP contribution is 2.21. The summed E-state index contributed by atoms with van der Waals surface area (Å²) >= 11 is 1.21. The fraction of sp³-hybridized carbons (Fsp3) is 0.429. The van der Waals surface area contributed by atoms with Gasteiger partial charge in [0.2, 0.25) is 5.91 Å². The number of nitrogens with zero attached hydrogens (tertiary/aromatic N) is 1. The number of aromatic amines is 1. The topological polar surface area (TPSA) is 57.8 Å². The van der Waals surface area contributed by atoms with Crippen LogP contribution in [-0.4, -0.2) is 28.2 Å². The van der Waals surface area contributed by atoms with Gasteiger partial charge in [0.15, 0.2) is 16.8 Å². The third-order valence-electron chi connectivity index (χ3n) is 2.94. The van der Waals surface area contributed by atoms with Crippen LogP contribution in [0.15, 0.2) is 17.3 Å². The molecule has 1 aromatic heterocycles. The van der Waals surface area contributed by atoms with E-state index in [4.69, 9.17) is 0 Å². The summed E-state index contributed by atoms with van der Waals surface area (Å²) in [5.74, 6) is -1.71. The first kappa shape index (κ1) is 15.8. The van der Waals surface area contributed by atoms with Crippen LogP contribution < -0.4 is 5.32 Å². The Bertz CT molecular complexity index is 591. The second-order valence-corrected chi connectivity index (χ2v) is 5.64. The van der Waals surface area contributed by atoms with Gasteiger partial charge < -0.3 is 10.3 Å². The number of amides is 1. The minimum atomic E-state index is -0.931. The van der Waals surface area contributed by atoms with Crippen molar-refractivity contribution < 1.29 is 13.6 Å². The van der Waals surface area contributed by atoms with Crippen LogP contribution in [-0.2, 0) is 4.79 Å². The molecule has 2 aromatic rings. The van der Waals surface area contributed by atoms with Crippen LogP contribution in [0.2, 0.25) is 0 Å². The number of rotatable bonds is 7. The van der Waals surface area contributed by atoms with E-state index in [1.54, 1.807) is 0 Å². The molecule has 0 aliphatic carbocycles. The van der Waals surface area contributed by atoms with Crippen molar-refractivity contribution in [2.45, 2.75) is 31.3 Å². The van der Waals surface area contributed by atoms with E-state index >= 15 is 0 Å². The fourth-order valence-electron chi connectivity index (χ4n) is 1.84. The number of carbonyl (C=O) groups excluding carboxylic acids is 1. The van der Waals surface area contributed by atoms with E-state index in [0.717, 1.165) is 31.4 Å². The van der Waals surface area contributed by atoms with E-state index in [1.807, 2.05) is 0 Å². The molecular formula is C14H17F2N3OS. The lowest BCUT2D eigenvalue weighted by Crippen LogP contribution is -2.26. The number of benzene rings is 1. The molecule has 0 spiro atoms. The van der Waals surface area contributed by atoms with Gasteiger partial charge in [-0.15, -0.1) is 0 Å². The minimum absolute atomic E-state index is 0.0751. The molecule has 0 aliphatic rings. The highest BCUT2D eigenvalue weighted by atomic mass is 32.2. The van der Waals surface area contributed by atoms with Gasteiger partial charge >= 0.3 is 0 Å². The van der Waals surface area contributed by atoms with E-state index in [-0.39, 0.29) is 11.7 Å². The van der Waals surface area contributed by atoms with Crippen molar-refractivity contribution in [3.8, 4) is 0 Å². The van der Waals surface area contributed by atoms with Gasteiger partial charge in [0.05, 0.1) is 16.8 Å². The van der Waals surface area contributed by atoms with Gasteiger partial charge in [-0.3, -0.25) is 4.79 Å². The molecule has 2 rings (SSSR count). The molecule has 114 valence electrons. The summed E-state index contributed by atoms with van der Waals surface area (Å²) < 4.78 is 26.2. The molecule has 0 saturated heterocycles. The number of unbranched alkanes of at least 4 members (excludes halogenated alkanes) is 2. The number of fused-ring (bicyclic) bond motifs is 1.